The monoisotopic (exact) mass is 313 g/mol. The maximum Gasteiger partial charge on any atom is 0.496 e. The van der Waals surface area contributed by atoms with E-state index in [1.165, 1.54) is 6.92 Å². The fourth-order valence-electron chi connectivity index (χ4n) is 1.89. The normalized spacial score (nSPS) is 21.2. The summed E-state index contributed by atoms with van der Waals surface area (Å²) in [5, 5.41) is 0. The summed E-state index contributed by atoms with van der Waals surface area (Å²) in [7, 11) is -0.494. The third-order valence-electron chi connectivity index (χ3n) is 4.21. The van der Waals surface area contributed by atoms with Gasteiger partial charge >= 0.3 is 7.12 Å². The first-order chi connectivity index (χ1) is 10.1. The Morgan fingerprint density at radius 2 is 1.77 bits per heavy atom. The average molecular weight is 313 g/mol. The van der Waals surface area contributed by atoms with Crippen LogP contribution < -0.4 is 10.2 Å². The van der Waals surface area contributed by atoms with Crippen LogP contribution in [-0.2, 0) is 9.31 Å². The van der Waals surface area contributed by atoms with E-state index in [1.807, 2.05) is 27.7 Å². The second-order valence-corrected chi connectivity index (χ2v) is 6.64. The topological polar surface area (TPSA) is 40.6 Å². The number of aromatic nitrogens is 1. The molecule has 0 N–H and O–H groups in total. The van der Waals surface area contributed by atoms with Gasteiger partial charge in [0.2, 0.25) is 12.3 Å². The van der Waals surface area contributed by atoms with E-state index >= 15 is 0 Å². The van der Waals surface area contributed by atoms with E-state index in [1.54, 1.807) is 18.3 Å². The van der Waals surface area contributed by atoms with Crippen LogP contribution in [0.5, 0.6) is 5.88 Å². The second kappa shape index (κ2) is 6.12. The molecule has 0 bridgehead atoms. The summed E-state index contributed by atoms with van der Waals surface area (Å²) >= 11 is 0. The molecule has 1 fully saturated rings. The van der Waals surface area contributed by atoms with E-state index in [2.05, 4.69) is 4.98 Å². The molecule has 7 heteroatoms. The van der Waals surface area contributed by atoms with Gasteiger partial charge < -0.3 is 14.0 Å². The molecule has 0 aromatic carbocycles. The van der Waals surface area contributed by atoms with Gasteiger partial charge in [0.05, 0.1) is 23.7 Å². The maximum atomic E-state index is 12.4. The number of halogens is 2. The second-order valence-electron chi connectivity index (χ2n) is 6.64. The Labute approximate surface area is 130 Å². The first kappa shape index (κ1) is 17.2. The fraction of sp³-hybridized carbons (Fsp3) is 0.667. The number of hydrogen-bond donors (Lipinski definition) is 0. The van der Waals surface area contributed by atoms with Gasteiger partial charge in [-0.05, 0) is 33.8 Å². The molecule has 1 aromatic heterocycles. The van der Waals surface area contributed by atoms with Crippen LogP contribution in [0.4, 0.5) is 8.78 Å². The van der Waals surface area contributed by atoms with Crippen molar-refractivity contribution in [2.24, 2.45) is 5.92 Å². The molecule has 1 unspecified atom stereocenters. The highest BCUT2D eigenvalue weighted by molar-refractivity contribution is 6.62. The van der Waals surface area contributed by atoms with Gasteiger partial charge in [0.25, 0.3) is 0 Å². The number of alkyl halides is 2. The predicted molar refractivity (Wildman–Crippen MR) is 80.6 cm³/mol. The predicted octanol–water partition coefficient (Wildman–Crippen LogP) is 2.66. The van der Waals surface area contributed by atoms with Gasteiger partial charge in [0.15, 0.2) is 0 Å². The lowest BCUT2D eigenvalue weighted by Crippen LogP contribution is -2.41. The molecule has 1 atom stereocenters. The van der Waals surface area contributed by atoms with Crippen LogP contribution in [0.25, 0.3) is 0 Å². The van der Waals surface area contributed by atoms with Crippen LogP contribution in [0.15, 0.2) is 18.3 Å². The van der Waals surface area contributed by atoms with E-state index in [0.717, 1.165) is 5.46 Å². The molecule has 0 radical (unpaired) electrons. The maximum absolute atomic E-state index is 12.4. The number of rotatable bonds is 5. The summed E-state index contributed by atoms with van der Waals surface area (Å²) < 4.78 is 41.9. The van der Waals surface area contributed by atoms with Gasteiger partial charge in [-0.1, -0.05) is 13.0 Å². The molecule has 0 spiro atoms. The Bertz CT molecular complexity index is 492. The lowest BCUT2D eigenvalue weighted by atomic mass is 9.80. The van der Waals surface area contributed by atoms with Crippen molar-refractivity contribution < 1.29 is 22.8 Å². The molecule has 0 saturated carbocycles. The Morgan fingerprint density at radius 1 is 1.18 bits per heavy atom. The van der Waals surface area contributed by atoms with Gasteiger partial charge in [-0.3, -0.25) is 0 Å². The molecule has 1 saturated heterocycles. The molecule has 0 amide bonds. The first-order valence-corrected chi connectivity index (χ1v) is 7.35. The number of pyridine rings is 1. The number of hydrogen-bond acceptors (Lipinski definition) is 4. The highest BCUT2D eigenvalue weighted by atomic mass is 19.3. The van der Waals surface area contributed by atoms with Crippen molar-refractivity contribution in [1.29, 1.82) is 0 Å². The minimum atomic E-state index is -2.40. The van der Waals surface area contributed by atoms with Crippen molar-refractivity contribution in [3.63, 3.8) is 0 Å². The zero-order valence-electron chi connectivity index (χ0n) is 13.6. The Balaban J connectivity index is 1.98. The van der Waals surface area contributed by atoms with Crippen molar-refractivity contribution >= 4 is 12.6 Å². The summed E-state index contributed by atoms with van der Waals surface area (Å²) in [6.07, 6.45) is -0.811. The van der Waals surface area contributed by atoms with Crippen LogP contribution in [0.2, 0.25) is 0 Å². The summed E-state index contributed by atoms with van der Waals surface area (Å²) in [5.74, 6) is -0.516. The van der Waals surface area contributed by atoms with Gasteiger partial charge in [-0.2, -0.15) is 0 Å². The summed E-state index contributed by atoms with van der Waals surface area (Å²) in [6.45, 7) is 9.27. The van der Waals surface area contributed by atoms with E-state index in [9.17, 15) is 8.78 Å². The SMILES string of the molecule is CC(COc1ccc(B2OC(C)(C)C(C)(C)O2)cn1)C(F)F. The number of ether oxygens (including phenoxy) is 1. The smallest absolute Gasteiger partial charge is 0.477 e. The minimum absolute atomic E-state index is 0.0689. The Morgan fingerprint density at radius 3 is 2.23 bits per heavy atom. The highest BCUT2D eigenvalue weighted by Crippen LogP contribution is 2.36. The van der Waals surface area contributed by atoms with E-state index in [-0.39, 0.29) is 6.61 Å². The third-order valence-corrected chi connectivity index (χ3v) is 4.21. The molecule has 1 aromatic rings. The van der Waals surface area contributed by atoms with Crippen molar-refractivity contribution in [3.8, 4) is 5.88 Å². The molecule has 122 valence electrons. The Kier molecular flexibility index (Phi) is 4.77. The van der Waals surface area contributed by atoms with Crippen molar-refractivity contribution in [1.82, 2.24) is 4.98 Å². The average Bonchev–Trinajstić information content (AvgIpc) is 2.65. The van der Waals surface area contributed by atoms with Crippen LogP contribution in [0.3, 0.4) is 0 Å². The standard InChI is InChI=1S/C15H22BF2NO3/c1-10(13(17)18)9-20-12-7-6-11(8-19-12)16-21-14(2,3)15(4,5)22-16/h6-8,10,13H,9H2,1-5H3. The largest absolute Gasteiger partial charge is 0.496 e. The van der Waals surface area contributed by atoms with Gasteiger partial charge in [0, 0.05) is 11.7 Å². The van der Waals surface area contributed by atoms with Crippen LogP contribution in [0, 0.1) is 5.92 Å². The molecular formula is C15H22BF2NO3. The quantitative estimate of drug-likeness (QED) is 0.784. The summed E-state index contributed by atoms with van der Waals surface area (Å²) in [6, 6.07) is 3.41. The van der Waals surface area contributed by atoms with Crippen molar-refractivity contribution in [2.75, 3.05) is 6.61 Å². The highest BCUT2D eigenvalue weighted by Gasteiger charge is 2.51. The van der Waals surface area contributed by atoms with Crippen molar-refractivity contribution in [3.05, 3.63) is 18.3 Å². The fourth-order valence-corrected chi connectivity index (χ4v) is 1.89. The van der Waals surface area contributed by atoms with E-state index in [4.69, 9.17) is 14.0 Å². The van der Waals surface area contributed by atoms with Crippen LogP contribution >= 0.6 is 0 Å². The zero-order valence-corrected chi connectivity index (χ0v) is 13.6. The minimum Gasteiger partial charge on any atom is -0.477 e. The summed E-state index contributed by atoms with van der Waals surface area (Å²) in [4.78, 5) is 4.12. The van der Waals surface area contributed by atoms with Crippen molar-refractivity contribution in [2.45, 2.75) is 52.2 Å². The lowest BCUT2D eigenvalue weighted by Gasteiger charge is -2.32. The molecular weight excluding hydrogens is 291 g/mol. The summed E-state index contributed by atoms with van der Waals surface area (Å²) in [5.41, 5.74) is -0.0630. The number of nitrogens with zero attached hydrogens (tertiary/aromatic N) is 1. The molecule has 2 heterocycles. The van der Waals surface area contributed by atoms with E-state index in [0.29, 0.717) is 5.88 Å². The molecule has 4 nitrogen and oxygen atoms in total. The van der Waals surface area contributed by atoms with Crippen LogP contribution in [0.1, 0.15) is 34.6 Å². The lowest BCUT2D eigenvalue weighted by molar-refractivity contribution is 0.00578. The molecule has 0 aliphatic carbocycles. The van der Waals surface area contributed by atoms with Gasteiger partial charge in [-0.25, -0.2) is 13.8 Å². The van der Waals surface area contributed by atoms with Crippen LogP contribution in [-0.4, -0.2) is 36.3 Å². The molecule has 2 rings (SSSR count). The Hall–Kier alpha value is -1.21. The molecule has 1 aliphatic heterocycles. The van der Waals surface area contributed by atoms with E-state index < -0.39 is 30.7 Å². The third kappa shape index (κ3) is 3.58. The zero-order chi connectivity index (χ0) is 16.5. The van der Waals surface area contributed by atoms with Gasteiger partial charge in [0.1, 0.15) is 0 Å². The molecule has 1 aliphatic rings. The van der Waals surface area contributed by atoms with Gasteiger partial charge in [-0.15, -0.1) is 0 Å². The first-order valence-electron chi connectivity index (χ1n) is 7.35. The molecule has 22 heavy (non-hydrogen) atoms.